The summed E-state index contributed by atoms with van der Waals surface area (Å²) in [5.41, 5.74) is 2.81. The molecule has 1 saturated heterocycles. The lowest BCUT2D eigenvalue weighted by atomic mass is 10.0. The van der Waals surface area contributed by atoms with Crippen LogP contribution >= 0.6 is 0 Å². The van der Waals surface area contributed by atoms with Gasteiger partial charge in [0.2, 0.25) is 15.9 Å². The third-order valence-corrected chi connectivity index (χ3v) is 9.82. The highest BCUT2D eigenvalue weighted by Crippen LogP contribution is 2.40. The van der Waals surface area contributed by atoms with Crippen molar-refractivity contribution in [1.82, 2.24) is 20.3 Å². The van der Waals surface area contributed by atoms with Crippen LogP contribution in [0.2, 0.25) is 0 Å². The molecule has 10 heteroatoms. The average molecular weight is 573 g/mol. The number of rotatable bonds is 8. The van der Waals surface area contributed by atoms with Crippen molar-refractivity contribution in [3.05, 3.63) is 66.6 Å². The summed E-state index contributed by atoms with van der Waals surface area (Å²) in [6.45, 7) is 3.88. The number of ether oxygens (including phenoxy) is 1. The van der Waals surface area contributed by atoms with Crippen molar-refractivity contribution in [1.29, 1.82) is 0 Å². The Morgan fingerprint density at radius 3 is 2.51 bits per heavy atom. The number of benzene rings is 2. The Balaban J connectivity index is 1.31. The lowest BCUT2D eigenvalue weighted by molar-refractivity contribution is 0.464. The van der Waals surface area contributed by atoms with Gasteiger partial charge in [-0.15, -0.1) is 0 Å². The number of nitrogens with zero attached hydrogens (tertiary/aromatic N) is 3. The first-order valence-corrected chi connectivity index (χ1v) is 16.0. The van der Waals surface area contributed by atoms with E-state index in [0.29, 0.717) is 41.9 Å². The van der Waals surface area contributed by atoms with E-state index in [9.17, 15) is 8.42 Å². The van der Waals surface area contributed by atoms with Gasteiger partial charge in [-0.05, 0) is 62.9 Å². The largest absolute Gasteiger partial charge is 0.436 e. The highest BCUT2D eigenvalue weighted by Gasteiger charge is 2.28. The first kappa shape index (κ1) is 27.4. The van der Waals surface area contributed by atoms with Crippen LogP contribution in [0.15, 0.2) is 61.1 Å². The summed E-state index contributed by atoms with van der Waals surface area (Å²) in [7, 11) is -3.50. The molecule has 1 atom stereocenters. The molecule has 1 aliphatic carbocycles. The van der Waals surface area contributed by atoms with Gasteiger partial charge in [0.25, 0.3) is 0 Å². The minimum Gasteiger partial charge on any atom is -0.436 e. The number of anilines is 2. The molecule has 1 saturated carbocycles. The van der Waals surface area contributed by atoms with Crippen LogP contribution in [0.5, 0.6) is 11.6 Å². The Morgan fingerprint density at radius 2 is 1.71 bits per heavy atom. The number of pyridine rings is 1. The molecular formula is C31H36N6O3S. The molecule has 0 unspecified atom stereocenters. The van der Waals surface area contributed by atoms with Crippen LogP contribution < -0.4 is 20.1 Å². The number of piperidine rings is 1. The highest BCUT2D eigenvalue weighted by atomic mass is 32.2. The van der Waals surface area contributed by atoms with Gasteiger partial charge in [-0.25, -0.2) is 23.4 Å². The van der Waals surface area contributed by atoms with Crippen LogP contribution in [0.1, 0.15) is 50.5 Å². The maximum Gasteiger partial charge on any atom is 0.246 e. The van der Waals surface area contributed by atoms with Gasteiger partial charge in [0.15, 0.2) is 0 Å². The van der Waals surface area contributed by atoms with Gasteiger partial charge in [0.05, 0.1) is 10.9 Å². The second-order valence-electron chi connectivity index (χ2n) is 11.0. The van der Waals surface area contributed by atoms with E-state index in [2.05, 4.69) is 30.3 Å². The standard InChI is InChI=1S/C31H36N6O3S/c1-21-18-27(37-41(38,39)24-9-3-2-4-10-24)25-11-5-6-12-26(25)30(21)40-31-29(34-16-17-35-31)22-13-15-33-28(19-22)36-23-8-7-14-32-20-23/h5-6,11-13,15-19,23-24,32,37H,2-4,7-10,14,20H2,1H3,(H,33,36)/t23-/m0/s1. The van der Waals surface area contributed by atoms with E-state index in [4.69, 9.17) is 4.74 Å². The van der Waals surface area contributed by atoms with Gasteiger partial charge >= 0.3 is 0 Å². The topological polar surface area (TPSA) is 118 Å². The molecule has 2 aromatic carbocycles. The van der Waals surface area contributed by atoms with Gasteiger partial charge in [0.1, 0.15) is 17.3 Å². The summed E-state index contributed by atoms with van der Waals surface area (Å²) in [6.07, 6.45) is 11.6. The van der Waals surface area contributed by atoms with Crippen molar-refractivity contribution < 1.29 is 13.2 Å². The summed E-state index contributed by atoms with van der Waals surface area (Å²) in [4.78, 5) is 13.7. The fraction of sp³-hybridized carbons (Fsp3) is 0.387. The number of nitrogens with one attached hydrogen (secondary N) is 3. The normalized spacial score (nSPS) is 18.2. The number of hydrogen-bond acceptors (Lipinski definition) is 8. The van der Waals surface area contributed by atoms with Crippen LogP contribution in [0.4, 0.5) is 11.5 Å². The van der Waals surface area contributed by atoms with Crippen LogP contribution in [-0.4, -0.2) is 47.8 Å². The van der Waals surface area contributed by atoms with Crippen molar-refractivity contribution in [3.8, 4) is 22.9 Å². The summed E-state index contributed by atoms with van der Waals surface area (Å²) in [6, 6.07) is 13.7. The molecule has 0 bridgehead atoms. The monoisotopic (exact) mass is 572 g/mol. The van der Waals surface area contributed by atoms with Gasteiger partial charge in [-0.1, -0.05) is 43.5 Å². The first-order valence-electron chi connectivity index (χ1n) is 14.4. The van der Waals surface area contributed by atoms with Crippen molar-refractivity contribution in [2.45, 2.75) is 63.2 Å². The molecule has 41 heavy (non-hydrogen) atoms. The molecule has 214 valence electrons. The Kier molecular flexibility index (Phi) is 8.02. The van der Waals surface area contributed by atoms with E-state index in [1.165, 1.54) is 0 Å². The van der Waals surface area contributed by atoms with Crippen LogP contribution in [0, 0.1) is 6.92 Å². The zero-order valence-electron chi connectivity index (χ0n) is 23.3. The van der Waals surface area contributed by atoms with E-state index >= 15 is 0 Å². The van der Waals surface area contributed by atoms with Crippen LogP contribution in [0.25, 0.3) is 22.0 Å². The third kappa shape index (κ3) is 6.13. The Bertz CT molecular complexity index is 1630. The zero-order valence-corrected chi connectivity index (χ0v) is 24.1. The maximum absolute atomic E-state index is 13.3. The average Bonchev–Trinajstić information content (AvgIpc) is 3.00. The van der Waals surface area contributed by atoms with Crippen LogP contribution in [0.3, 0.4) is 0 Å². The van der Waals surface area contributed by atoms with E-state index in [0.717, 1.165) is 72.9 Å². The number of hydrogen-bond donors (Lipinski definition) is 3. The van der Waals surface area contributed by atoms with E-state index < -0.39 is 10.0 Å². The minimum absolute atomic E-state index is 0.326. The molecule has 6 rings (SSSR count). The summed E-state index contributed by atoms with van der Waals surface area (Å²) in [5, 5.41) is 8.16. The van der Waals surface area contributed by atoms with Crippen LogP contribution in [-0.2, 0) is 10.0 Å². The van der Waals surface area contributed by atoms with Crippen molar-refractivity contribution in [3.63, 3.8) is 0 Å². The molecule has 0 radical (unpaired) electrons. The Hall–Kier alpha value is -3.76. The molecule has 1 aliphatic heterocycles. The second kappa shape index (κ2) is 12.0. The summed E-state index contributed by atoms with van der Waals surface area (Å²) < 4.78 is 35.9. The molecule has 2 aromatic heterocycles. The molecule has 2 aliphatic rings. The summed E-state index contributed by atoms with van der Waals surface area (Å²) >= 11 is 0. The highest BCUT2D eigenvalue weighted by molar-refractivity contribution is 7.93. The number of fused-ring (bicyclic) bond motifs is 1. The molecule has 9 nitrogen and oxygen atoms in total. The fourth-order valence-electron chi connectivity index (χ4n) is 5.86. The molecule has 0 amide bonds. The quantitative estimate of drug-likeness (QED) is 0.234. The van der Waals surface area contributed by atoms with E-state index in [1.54, 1.807) is 18.6 Å². The molecule has 3 N–H and O–H groups in total. The Morgan fingerprint density at radius 1 is 0.902 bits per heavy atom. The lowest BCUT2D eigenvalue weighted by Crippen LogP contribution is -2.38. The molecule has 4 aromatic rings. The minimum atomic E-state index is -3.50. The smallest absolute Gasteiger partial charge is 0.246 e. The number of aryl methyl sites for hydroxylation is 1. The van der Waals surface area contributed by atoms with Gasteiger partial charge in [-0.2, -0.15) is 0 Å². The lowest BCUT2D eigenvalue weighted by Gasteiger charge is -2.24. The number of aromatic nitrogens is 3. The molecule has 2 fully saturated rings. The van der Waals surface area contributed by atoms with E-state index in [1.807, 2.05) is 49.4 Å². The molecule has 0 spiro atoms. The van der Waals surface area contributed by atoms with Crippen molar-refractivity contribution in [2.24, 2.45) is 0 Å². The third-order valence-electron chi connectivity index (χ3n) is 7.97. The number of sulfonamides is 1. The predicted octanol–water partition coefficient (Wildman–Crippen LogP) is 6.03. The SMILES string of the molecule is Cc1cc(NS(=O)(=O)C2CCCCC2)c2ccccc2c1Oc1nccnc1-c1ccnc(N[C@H]2CCCNC2)c1. The van der Waals surface area contributed by atoms with Crippen molar-refractivity contribution in [2.75, 3.05) is 23.1 Å². The van der Waals surface area contributed by atoms with Crippen molar-refractivity contribution >= 4 is 32.3 Å². The molecule has 3 heterocycles. The van der Waals surface area contributed by atoms with E-state index in [-0.39, 0.29) is 5.25 Å². The van der Waals surface area contributed by atoms with Gasteiger partial charge < -0.3 is 15.4 Å². The van der Waals surface area contributed by atoms with Gasteiger partial charge in [0, 0.05) is 47.5 Å². The predicted molar refractivity (Wildman–Crippen MR) is 163 cm³/mol. The second-order valence-corrected chi connectivity index (χ2v) is 12.9. The summed E-state index contributed by atoms with van der Waals surface area (Å²) in [5.74, 6) is 1.76. The first-order chi connectivity index (χ1) is 20.0. The van der Waals surface area contributed by atoms with Gasteiger partial charge in [-0.3, -0.25) is 4.72 Å². The Labute approximate surface area is 241 Å². The fourth-order valence-corrected chi connectivity index (χ4v) is 7.45. The zero-order chi connectivity index (χ0) is 28.2. The maximum atomic E-state index is 13.3. The molecular weight excluding hydrogens is 536 g/mol.